The van der Waals surface area contributed by atoms with Crippen molar-refractivity contribution in [1.29, 1.82) is 5.26 Å². The van der Waals surface area contributed by atoms with E-state index in [1.807, 2.05) is 0 Å². The van der Waals surface area contributed by atoms with E-state index in [9.17, 15) is 9.59 Å². The molecule has 0 aliphatic carbocycles. The quantitative estimate of drug-likeness (QED) is 0.580. The molecular formula is C14H7Cl3N2O2S. The van der Waals surface area contributed by atoms with Crippen LogP contribution in [-0.2, 0) is 11.2 Å². The number of ketones is 2. The normalized spacial score (nSPS) is 11.7. The summed E-state index contributed by atoms with van der Waals surface area (Å²) in [4.78, 5) is 24.5. The average Bonchev–Trinajstić information content (AvgIpc) is 2.82. The highest BCUT2D eigenvalue weighted by molar-refractivity contribution is 7.09. The van der Waals surface area contributed by atoms with E-state index < -0.39 is 17.5 Å². The number of Topliss-reactive ketones (excluding diaryl/α,β-unsaturated/α-hetero) is 2. The van der Waals surface area contributed by atoms with Crippen LogP contribution in [0.5, 0.6) is 0 Å². The lowest BCUT2D eigenvalue weighted by Gasteiger charge is -2.06. The summed E-state index contributed by atoms with van der Waals surface area (Å²) < 4.78 is 3.73. The predicted molar refractivity (Wildman–Crippen MR) is 85.7 cm³/mol. The monoisotopic (exact) mass is 372 g/mol. The average molecular weight is 374 g/mol. The molecule has 0 spiro atoms. The van der Waals surface area contributed by atoms with Crippen LogP contribution < -0.4 is 0 Å². The summed E-state index contributed by atoms with van der Waals surface area (Å²) in [5.74, 6) is -2.64. The van der Waals surface area contributed by atoms with Gasteiger partial charge in [-0.1, -0.05) is 46.9 Å². The van der Waals surface area contributed by atoms with Gasteiger partial charge in [-0.25, -0.2) is 0 Å². The maximum absolute atomic E-state index is 12.3. The lowest BCUT2D eigenvalue weighted by Crippen LogP contribution is -2.24. The van der Waals surface area contributed by atoms with Gasteiger partial charge < -0.3 is 0 Å². The van der Waals surface area contributed by atoms with E-state index >= 15 is 0 Å². The zero-order chi connectivity index (χ0) is 16.3. The van der Waals surface area contributed by atoms with Crippen molar-refractivity contribution in [2.75, 3.05) is 0 Å². The Morgan fingerprint density at radius 3 is 2.36 bits per heavy atom. The Labute approximate surface area is 145 Å². The second kappa shape index (κ2) is 7.21. The summed E-state index contributed by atoms with van der Waals surface area (Å²) in [5.41, 5.74) is 0.663. The van der Waals surface area contributed by atoms with E-state index in [2.05, 4.69) is 4.37 Å². The minimum atomic E-state index is -1.44. The van der Waals surface area contributed by atoms with Crippen LogP contribution in [0.2, 0.25) is 15.2 Å². The van der Waals surface area contributed by atoms with Crippen LogP contribution in [0.15, 0.2) is 24.3 Å². The number of rotatable bonds is 5. The molecule has 1 aromatic heterocycles. The molecule has 0 amide bonds. The Morgan fingerprint density at radius 1 is 1.23 bits per heavy atom. The maximum Gasteiger partial charge on any atom is 0.200 e. The van der Waals surface area contributed by atoms with Gasteiger partial charge >= 0.3 is 0 Å². The summed E-state index contributed by atoms with van der Waals surface area (Å²) >= 11 is 18.1. The molecule has 0 aliphatic heterocycles. The smallest absolute Gasteiger partial charge is 0.200 e. The molecule has 2 rings (SSSR count). The Morgan fingerprint density at radius 2 is 1.86 bits per heavy atom. The minimum absolute atomic E-state index is 0.0164. The molecule has 1 atom stereocenters. The van der Waals surface area contributed by atoms with Crippen molar-refractivity contribution in [1.82, 2.24) is 4.37 Å². The zero-order valence-corrected chi connectivity index (χ0v) is 13.9. The fourth-order valence-electron chi connectivity index (χ4n) is 1.73. The molecule has 1 aromatic carbocycles. The van der Waals surface area contributed by atoms with Gasteiger partial charge in [0.15, 0.2) is 16.9 Å². The molecule has 0 N–H and O–H groups in total. The fourth-order valence-corrected chi connectivity index (χ4v) is 3.04. The third kappa shape index (κ3) is 3.65. The molecule has 0 fully saturated rings. The molecule has 1 unspecified atom stereocenters. The zero-order valence-electron chi connectivity index (χ0n) is 10.8. The Bertz CT molecular complexity index is 765. The lowest BCUT2D eigenvalue weighted by molar-refractivity contribution is -0.119. The first-order valence-electron chi connectivity index (χ1n) is 5.95. The minimum Gasteiger partial charge on any atom is -0.297 e. The fraction of sp³-hybridized carbons (Fsp3) is 0.143. The van der Waals surface area contributed by atoms with Gasteiger partial charge in [-0.05, 0) is 29.2 Å². The van der Waals surface area contributed by atoms with Gasteiger partial charge in [0.05, 0.1) is 6.07 Å². The molecule has 0 radical (unpaired) electrons. The largest absolute Gasteiger partial charge is 0.297 e. The number of hydrogen-bond donors (Lipinski definition) is 0. The second-order valence-corrected chi connectivity index (χ2v) is 6.26. The molecule has 8 heteroatoms. The van der Waals surface area contributed by atoms with Crippen LogP contribution in [0.1, 0.15) is 15.2 Å². The maximum atomic E-state index is 12.3. The number of aromatic nitrogens is 1. The topological polar surface area (TPSA) is 70.8 Å². The summed E-state index contributed by atoms with van der Waals surface area (Å²) in [5, 5.41) is 9.63. The number of nitrogens with zero attached hydrogens (tertiary/aromatic N) is 2. The lowest BCUT2D eigenvalue weighted by atomic mass is 9.94. The third-order valence-electron chi connectivity index (χ3n) is 2.83. The van der Waals surface area contributed by atoms with Gasteiger partial charge in [0.2, 0.25) is 5.78 Å². The van der Waals surface area contributed by atoms with E-state index in [0.29, 0.717) is 10.6 Å². The SMILES string of the molecule is N#CC(C(=O)Cc1ccc(Cl)cc1)C(=O)c1snc(Cl)c1Cl. The van der Waals surface area contributed by atoms with Gasteiger partial charge in [-0.15, -0.1) is 0 Å². The van der Waals surface area contributed by atoms with Crippen molar-refractivity contribution in [3.8, 4) is 6.07 Å². The first-order chi connectivity index (χ1) is 10.4. The van der Waals surface area contributed by atoms with Gasteiger partial charge in [-0.2, -0.15) is 9.64 Å². The van der Waals surface area contributed by atoms with Gasteiger partial charge in [-0.3, -0.25) is 9.59 Å². The first kappa shape index (κ1) is 16.9. The molecule has 0 bridgehead atoms. The van der Waals surface area contributed by atoms with Crippen LogP contribution in [0.4, 0.5) is 0 Å². The number of benzene rings is 1. The number of carbonyl (C=O) groups excluding carboxylic acids is 2. The molecule has 2 aromatic rings. The Hall–Kier alpha value is -1.45. The van der Waals surface area contributed by atoms with Crippen LogP contribution in [0.25, 0.3) is 0 Å². The molecule has 0 saturated heterocycles. The van der Waals surface area contributed by atoms with Gasteiger partial charge in [0.1, 0.15) is 9.90 Å². The van der Waals surface area contributed by atoms with Gasteiger partial charge in [0, 0.05) is 11.4 Å². The molecule has 1 heterocycles. The van der Waals surface area contributed by atoms with E-state index in [4.69, 9.17) is 40.1 Å². The van der Waals surface area contributed by atoms with E-state index in [-0.39, 0.29) is 21.5 Å². The van der Waals surface area contributed by atoms with Crippen molar-refractivity contribution in [3.63, 3.8) is 0 Å². The van der Waals surface area contributed by atoms with Crippen molar-refractivity contribution >= 4 is 57.9 Å². The summed E-state index contributed by atoms with van der Waals surface area (Å²) in [6.07, 6.45) is -0.0503. The highest BCUT2D eigenvalue weighted by Crippen LogP contribution is 2.30. The van der Waals surface area contributed by atoms with Crippen molar-refractivity contribution in [3.05, 3.63) is 49.9 Å². The Kier molecular flexibility index (Phi) is 5.54. The van der Waals surface area contributed by atoms with E-state index in [1.165, 1.54) is 0 Å². The number of carbonyl (C=O) groups is 2. The standard InChI is InChI=1S/C14H7Cl3N2O2S/c15-8-3-1-7(2-4-8)5-10(20)9(6-18)12(21)13-11(16)14(17)19-22-13/h1-4,9H,5H2. The molecule has 0 saturated carbocycles. The van der Waals surface area contributed by atoms with E-state index in [0.717, 1.165) is 11.5 Å². The van der Waals surface area contributed by atoms with Crippen LogP contribution in [-0.4, -0.2) is 15.9 Å². The highest BCUT2D eigenvalue weighted by atomic mass is 35.5. The predicted octanol–water partition coefficient (Wildman–Crippen LogP) is 4.24. The van der Waals surface area contributed by atoms with Crippen LogP contribution in [0, 0.1) is 17.2 Å². The molecule has 0 aliphatic rings. The molecular weight excluding hydrogens is 367 g/mol. The van der Waals surface area contributed by atoms with Crippen molar-refractivity contribution < 1.29 is 9.59 Å². The van der Waals surface area contributed by atoms with Gasteiger partial charge in [0.25, 0.3) is 0 Å². The number of halogens is 3. The van der Waals surface area contributed by atoms with E-state index in [1.54, 1.807) is 30.3 Å². The van der Waals surface area contributed by atoms with Crippen LogP contribution >= 0.6 is 46.3 Å². The summed E-state index contributed by atoms with van der Waals surface area (Å²) in [7, 11) is 0. The van der Waals surface area contributed by atoms with Crippen LogP contribution in [0.3, 0.4) is 0 Å². The number of nitriles is 1. The first-order valence-corrected chi connectivity index (χ1v) is 7.86. The third-order valence-corrected chi connectivity index (χ3v) is 4.89. The summed E-state index contributed by atoms with van der Waals surface area (Å²) in [6.45, 7) is 0. The highest BCUT2D eigenvalue weighted by Gasteiger charge is 2.31. The Balaban J connectivity index is 2.19. The van der Waals surface area contributed by atoms with Crippen molar-refractivity contribution in [2.45, 2.75) is 6.42 Å². The molecule has 4 nitrogen and oxygen atoms in total. The van der Waals surface area contributed by atoms with Crippen molar-refractivity contribution in [2.24, 2.45) is 5.92 Å². The molecule has 22 heavy (non-hydrogen) atoms. The summed E-state index contributed by atoms with van der Waals surface area (Å²) in [6, 6.07) is 8.31. The second-order valence-electron chi connectivity index (χ2n) is 4.31. The number of hydrogen-bond acceptors (Lipinski definition) is 5. The molecule has 112 valence electrons.